The summed E-state index contributed by atoms with van der Waals surface area (Å²) >= 11 is 0. The highest BCUT2D eigenvalue weighted by Gasteiger charge is 2.15. The molecule has 1 aromatic heterocycles. The molecule has 1 aliphatic rings. The number of fused-ring (bicyclic) bond motifs is 2. The Labute approximate surface area is 162 Å². The third kappa shape index (κ3) is 3.86. The molecule has 8 nitrogen and oxygen atoms in total. The number of aromatic nitrogens is 2. The van der Waals surface area contributed by atoms with Gasteiger partial charge < -0.3 is 29.8 Å². The summed E-state index contributed by atoms with van der Waals surface area (Å²) in [5.74, 6) is 1.68. The first kappa shape index (κ1) is 18.1. The summed E-state index contributed by atoms with van der Waals surface area (Å²) in [6.45, 7) is 1.63. The highest BCUT2D eigenvalue weighted by Crippen LogP contribution is 2.32. The number of nitrogens with zero attached hydrogens (tertiary/aromatic N) is 2. The molecule has 2 heterocycles. The minimum atomic E-state index is -0.190. The van der Waals surface area contributed by atoms with Gasteiger partial charge in [-0.05, 0) is 24.3 Å². The molecule has 0 bridgehead atoms. The van der Waals surface area contributed by atoms with Crippen LogP contribution >= 0.6 is 0 Å². The Morgan fingerprint density at radius 2 is 1.96 bits per heavy atom. The lowest BCUT2D eigenvalue weighted by atomic mass is 10.2. The van der Waals surface area contributed by atoms with Crippen molar-refractivity contribution in [2.24, 2.45) is 0 Å². The molecule has 8 heteroatoms. The molecule has 0 radical (unpaired) electrons. The summed E-state index contributed by atoms with van der Waals surface area (Å²) in [5, 5.41) is 15.0. The lowest BCUT2D eigenvalue weighted by molar-refractivity contribution is -0.116. The molecule has 1 aliphatic heterocycles. The van der Waals surface area contributed by atoms with Crippen LogP contribution in [0.1, 0.15) is 6.42 Å². The van der Waals surface area contributed by atoms with Crippen LogP contribution in [-0.2, 0) is 11.3 Å². The van der Waals surface area contributed by atoms with Crippen molar-refractivity contribution in [2.75, 3.05) is 37.0 Å². The monoisotopic (exact) mass is 382 g/mol. The Kier molecular flexibility index (Phi) is 5.29. The highest BCUT2D eigenvalue weighted by molar-refractivity contribution is 5.92. The van der Waals surface area contributed by atoms with Crippen LogP contribution in [0.25, 0.3) is 11.0 Å². The summed E-state index contributed by atoms with van der Waals surface area (Å²) in [5.41, 5.74) is 2.27. The Balaban J connectivity index is 1.53. The Bertz CT molecular complexity index is 985. The van der Waals surface area contributed by atoms with Crippen LogP contribution in [0.4, 0.5) is 11.6 Å². The maximum absolute atomic E-state index is 12.7. The molecule has 0 fully saturated rings. The van der Waals surface area contributed by atoms with E-state index in [1.807, 2.05) is 24.3 Å². The summed E-state index contributed by atoms with van der Waals surface area (Å²) < 4.78 is 13.1. The number of anilines is 2. The van der Waals surface area contributed by atoms with E-state index in [-0.39, 0.29) is 19.1 Å². The first-order valence-corrected chi connectivity index (χ1v) is 9.24. The van der Waals surface area contributed by atoms with E-state index in [1.54, 1.807) is 22.8 Å². The fraction of sp³-hybridized carbons (Fsp3) is 0.300. The maximum Gasteiger partial charge on any atom is 0.244 e. The fourth-order valence-corrected chi connectivity index (χ4v) is 3.12. The molecule has 146 valence electrons. The van der Waals surface area contributed by atoms with Gasteiger partial charge in [-0.3, -0.25) is 4.79 Å². The van der Waals surface area contributed by atoms with Gasteiger partial charge in [0, 0.05) is 24.7 Å². The number of ether oxygens (including phenoxy) is 2. The predicted octanol–water partition coefficient (Wildman–Crippen LogP) is 2.24. The van der Waals surface area contributed by atoms with E-state index < -0.39 is 0 Å². The number of para-hydroxylation sites is 2. The van der Waals surface area contributed by atoms with E-state index in [0.29, 0.717) is 42.9 Å². The molecule has 3 aromatic rings. The molecule has 0 atom stereocenters. The number of hydrogen-bond acceptors (Lipinski definition) is 6. The second-order valence-electron chi connectivity index (χ2n) is 6.42. The van der Waals surface area contributed by atoms with Crippen LogP contribution in [0.3, 0.4) is 0 Å². The van der Waals surface area contributed by atoms with Crippen molar-refractivity contribution < 1.29 is 19.4 Å². The maximum atomic E-state index is 12.7. The van der Waals surface area contributed by atoms with Crippen molar-refractivity contribution in [3.05, 3.63) is 42.5 Å². The Morgan fingerprint density at radius 1 is 1.14 bits per heavy atom. The van der Waals surface area contributed by atoms with Crippen molar-refractivity contribution in [1.29, 1.82) is 0 Å². The van der Waals surface area contributed by atoms with Gasteiger partial charge in [-0.25, -0.2) is 4.98 Å². The van der Waals surface area contributed by atoms with Gasteiger partial charge in [0.25, 0.3) is 0 Å². The number of aliphatic hydroxyl groups is 1. The van der Waals surface area contributed by atoms with E-state index in [9.17, 15) is 4.79 Å². The van der Waals surface area contributed by atoms with Gasteiger partial charge in [0.05, 0.1) is 30.9 Å². The molecular weight excluding hydrogens is 360 g/mol. The number of carbonyl (C=O) groups is 1. The molecule has 0 aliphatic carbocycles. The molecule has 0 unspecified atom stereocenters. The number of aliphatic hydroxyl groups excluding tert-OH is 1. The van der Waals surface area contributed by atoms with Crippen LogP contribution in [0.5, 0.6) is 11.5 Å². The average molecular weight is 382 g/mol. The Hall–Kier alpha value is -3.26. The van der Waals surface area contributed by atoms with E-state index in [0.717, 1.165) is 17.5 Å². The van der Waals surface area contributed by atoms with Crippen molar-refractivity contribution in [3.8, 4) is 11.5 Å². The minimum Gasteiger partial charge on any atom is -0.490 e. The lowest BCUT2D eigenvalue weighted by Crippen LogP contribution is -2.21. The molecule has 1 amide bonds. The van der Waals surface area contributed by atoms with Gasteiger partial charge in [-0.1, -0.05) is 12.1 Å². The SMILES string of the molecule is O=C(Cn1c(NCCO)nc2ccccc21)Nc1ccc2c(c1)OCCCO2. The van der Waals surface area contributed by atoms with Crippen LogP contribution in [0.15, 0.2) is 42.5 Å². The normalized spacial score (nSPS) is 13.2. The number of carbonyl (C=O) groups excluding carboxylic acids is 1. The quantitative estimate of drug-likeness (QED) is 0.605. The van der Waals surface area contributed by atoms with Crippen LogP contribution < -0.4 is 20.1 Å². The molecule has 0 spiro atoms. The third-order valence-corrected chi connectivity index (χ3v) is 4.38. The van der Waals surface area contributed by atoms with Crippen LogP contribution in [0.2, 0.25) is 0 Å². The molecule has 0 saturated carbocycles. The molecule has 28 heavy (non-hydrogen) atoms. The van der Waals surface area contributed by atoms with Crippen LogP contribution in [-0.4, -0.2) is 46.9 Å². The van der Waals surface area contributed by atoms with Gasteiger partial charge in [-0.2, -0.15) is 0 Å². The van der Waals surface area contributed by atoms with Crippen LogP contribution in [0, 0.1) is 0 Å². The predicted molar refractivity (Wildman–Crippen MR) is 106 cm³/mol. The second kappa shape index (κ2) is 8.18. The van der Waals surface area contributed by atoms with Crippen molar-refractivity contribution in [2.45, 2.75) is 13.0 Å². The lowest BCUT2D eigenvalue weighted by Gasteiger charge is -2.12. The number of benzene rings is 2. The van der Waals surface area contributed by atoms with Crippen molar-refractivity contribution >= 4 is 28.6 Å². The van der Waals surface area contributed by atoms with Crippen molar-refractivity contribution in [3.63, 3.8) is 0 Å². The molecule has 2 aromatic carbocycles. The number of amides is 1. The first-order valence-electron chi connectivity index (χ1n) is 9.24. The zero-order chi connectivity index (χ0) is 19.3. The fourth-order valence-electron chi connectivity index (χ4n) is 3.12. The van der Waals surface area contributed by atoms with Gasteiger partial charge in [-0.15, -0.1) is 0 Å². The number of nitrogens with one attached hydrogen (secondary N) is 2. The van der Waals surface area contributed by atoms with Gasteiger partial charge >= 0.3 is 0 Å². The largest absolute Gasteiger partial charge is 0.490 e. The molecule has 4 rings (SSSR count). The molecule has 0 saturated heterocycles. The smallest absolute Gasteiger partial charge is 0.244 e. The summed E-state index contributed by atoms with van der Waals surface area (Å²) in [6.07, 6.45) is 0.827. The Morgan fingerprint density at radius 3 is 2.82 bits per heavy atom. The zero-order valence-corrected chi connectivity index (χ0v) is 15.4. The first-order chi connectivity index (χ1) is 13.7. The minimum absolute atomic E-state index is 0.0212. The standard InChI is InChI=1S/C20H22N4O4/c25-9-8-21-20-23-15-4-1-2-5-16(15)24(20)13-19(26)22-14-6-7-17-18(12-14)28-11-3-10-27-17/h1-2,4-7,12,25H,3,8-11,13H2,(H,21,23)(H,22,26). The molecular formula is C20H22N4O4. The number of rotatable bonds is 6. The van der Waals surface area contributed by atoms with Crippen molar-refractivity contribution in [1.82, 2.24) is 9.55 Å². The van der Waals surface area contributed by atoms with E-state index in [1.165, 1.54) is 0 Å². The van der Waals surface area contributed by atoms with E-state index in [4.69, 9.17) is 14.6 Å². The topological polar surface area (TPSA) is 97.6 Å². The van der Waals surface area contributed by atoms with Gasteiger partial charge in [0.2, 0.25) is 11.9 Å². The highest BCUT2D eigenvalue weighted by atomic mass is 16.5. The average Bonchev–Trinajstić information content (AvgIpc) is 2.87. The summed E-state index contributed by atoms with van der Waals surface area (Å²) in [4.78, 5) is 17.2. The second-order valence-corrected chi connectivity index (χ2v) is 6.42. The third-order valence-electron chi connectivity index (χ3n) is 4.38. The number of imidazole rings is 1. The number of hydrogen-bond donors (Lipinski definition) is 3. The molecule has 3 N–H and O–H groups in total. The van der Waals surface area contributed by atoms with E-state index >= 15 is 0 Å². The summed E-state index contributed by atoms with van der Waals surface area (Å²) in [7, 11) is 0. The zero-order valence-electron chi connectivity index (χ0n) is 15.4. The van der Waals surface area contributed by atoms with Gasteiger partial charge in [0.1, 0.15) is 6.54 Å². The van der Waals surface area contributed by atoms with E-state index in [2.05, 4.69) is 15.6 Å². The van der Waals surface area contributed by atoms with Gasteiger partial charge in [0.15, 0.2) is 11.5 Å². The summed E-state index contributed by atoms with van der Waals surface area (Å²) in [6, 6.07) is 13.0.